The van der Waals surface area contributed by atoms with Crippen molar-refractivity contribution >= 4 is 14.2 Å². The van der Waals surface area contributed by atoms with Crippen LogP contribution < -0.4 is 0 Å². The molecule has 0 aromatic carbocycles. The van der Waals surface area contributed by atoms with E-state index in [4.69, 9.17) is 9.16 Å². The molecule has 140 valence electrons. The summed E-state index contributed by atoms with van der Waals surface area (Å²) < 4.78 is 12.7. The number of hydrogen-bond acceptors (Lipinski definition) is 3. The fraction of sp³-hybridized carbons (Fsp3) is 0.947. The van der Waals surface area contributed by atoms with Gasteiger partial charge in [0.25, 0.3) is 0 Å². The van der Waals surface area contributed by atoms with E-state index < -0.39 is 8.32 Å². The molecule has 4 nitrogen and oxygen atoms in total. The van der Waals surface area contributed by atoms with Crippen LogP contribution >= 0.6 is 0 Å². The molecule has 0 aliphatic carbocycles. The van der Waals surface area contributed by atoms with Gasteiger partial charge in [-0.25, -0.2) is 0 Å². The van der Waals surface area contributed by atoms with Crippen molar-refractivity contribution in [1.82, 2.24) is 4.90 Å². The van der Waals surface area contributed by atoms with Crippen molar-refractivity contribution in [2.24, 2.45) is 5.92 Å². The highest BCUT2D eigenvalue weighted by atomic mass is 28.4. The number of amides is 1. The van der Waals surface area contributed by atoms with E-state index in [1.807, 2.05) is 11.8 Å². The van der Waals surface area contributed by atoms with Crippen LogP contribution in [0.25, 0.3) is 0 Å². The van der Waals surface area contributed by atoms with Gasteiger partial charge in [-0.3, -0.25) is 4.79 Å². The summed E-state index contributed by atoms with van der Waals surface area (Å²) in [6.45, 7) is 17.4. The number of ether oxygens (including phenoxy) is 1. The average molecular weight is 356 g/mol. The molecule has 2 saturated heterocycles. The maximum atomic E-state index is 12.2. The standard InChI is InChI=1S/C19H37NO3Si/c1-8-22-19-11-16(17-9-10-18(21)20(17)19)12-23-24(13(2)3,14(4)5)15(6)7/h13-17,19H,8-12H2,1-7H3. The van der Waals surface area contributed by atoms with E-state index in [0.717, 1.165) is 19.4 Å². The Kier molecular flexibility index (Phi) is 6.54. The predicted molar refractivity (Wildman–Crippen MR) is 100 cm³/mol. The molecule has 0 saturated carbocycles. The van der Waals surface area contributed by atoms with Crippen LogP contribution in [0.2, 0.25) is 16.6 Å². The summed E-state index contributed by atoms with van der Waals surface area (Å²) in [5.74, 6) is 0.692. The summed E-state index contributed by atoms with van der Waals surface area (Å²) in [6, 6.07) is 0.326. The molecule has 0 bridgehead atoms. The Hall–Kier alpha value is -0.393. The van der Waals surface area contributed by atoms with Crippen molar-refractivity contribution in [3.8, 4) is 0 Å². The number of rotatable bonds is 8. The lowest BCUT2D eigenvalue weighted by Crippen LogP contribution is -2.49. The molecule has 2 aliphatic rings. The molecule has 2 heterocycles. The van der Waals surface area contributed by atoms with Crippen molar-refractivity contribution in [2.45, 2.75) is 96.6 Å². The molecular formula is C19H37NO3Si. The largest absolute Gasteiger partial charge is 0.416 e. The van der Waals surface area contributed by atoms with E-state index in [1.54, 1.807) is 0 Å². The van der Waals surface area contributed by atoms with Crippen LogP contribution in [0.5, 0.6) is 0 Å². The Morgan fingerprint density at radius 2 is 1.71 bits per heavy atom. The lowest BCUT2D eigenvalue weighted by molar-refractivity contribution is -0.139. The van der Waals surface area contributed by atoms with Gasteiger partial charge in [-0.15, -0.1) is 0 Å². The van der Waals surface area contributed by atoms with Crippen LogP contribution in [0.1, 0.15) is 67.7 Å². The van der Waals surface area contributed by atoms with Crippen molar-refractivity contribution in [2.75, 3.05) is 13.2 Å². The molecule has 2 aliphatic heterocycles. The van der Waals surface area contributed by atoms with Crippen molar-refractivity contribution in [1.29, 1.82) is 0 Å². The number of hydrogen-bond donors (Lipinski definition) is 0. The van der Waals surface area contributed by atoms with Crippen LogP contribution in [-0.2, 0) is 14.0 Å². The lowest BCUT2D eigenvalue weighted by atomic mass is 9.99. The fourth-order valence-electron chi connectivity index (χ4n) is 5.36. The first kappa shape index (κ1) is 19.9. The normalized spacial score (nSPS) is 27.8. The first-order chi connectivity index (χ1) is 11.3. The van der Waals surface area contributed by atoms with E-state index >= 15 is 0 Å². The van der Waals surface area contributed by atoms with Crippen molar-refractivity contribution in [3.63, 3.8) is 0 Å². The lowest BCUT2D eigenvalue weighted by Gasteiger charge is -2.43. The molecule has 0 aromatic rings. The Morgan fingerprint density at radius 1 is 1.12 bits per heavy atom. The van der Waals surface area contributed by atoms with E-state index in [-0.39, 0.29) is 12.1 Å². The van der Waals surface area contributed by atoms with Gasteiger partial charge in [0, 0.05) is 31.6 Å². The molecule has 1 amide bonds. The predicted octanol–water partition coefficient (Wildman–Crippen LogP) is 4.55. The topological polar surface area (TPSA) is 38.8 Å². The summed E-state index contributed by atoms with van der Waals surface area (Å²) in [7, 11) is -1.84. The highest BCUT2D eigenvalue weighted by Gasteiger charge is 2.50. The molecular weight excluding hydrogens is 318 g/mol. The van der Waals surface area contributed by atoms with Crippen LogP contribution in [0, 0.1) is 5.92 Å². The molecule has 2 rings (SSSR count). The monoisotopic (exact) mass is 355 g/mol. The SMILES string of the molecule is CCOC1CC(CO[Si](C(C)C)(C(C)C)C(C)C)C2CCC(=O)N12. The third-order valence-electron chi connectivity index (χ3n) is 6.27. The molecule has 0 aromatic heterocycles. The van der Waals surface area contributed by atoms with Gasteiger partial charge in [0.05, 0.1) is 0 Å². The van der Waals surface area contributed by atoms with E-state index in [0.29, 0.717) is 41.6 Å². The molecule has 0 N–H and O–H groups in total. The Balaban J connectivity index is 2.11. The van der Waals surface area contributed by atoms with Crippen LogP contribution in [0.15, 0.2) is 0 Å². The zero-order valence-corrected chi connectivity index (χ0v) is 17.7. The summed E-state index contributed by atoms with van der Waals surface area (Å²) >= 11 is 0. The zero-order valence-electron chi connectivity index (χ0n) is 16.7. The van der Waals surface area contributed by atoms with Gasteiger partial charge in [-0.2, -0.15) is 0 Å². The first-order valence-corrected chi connectivity index (χ1v) is 12.0. The minimum absolute atomic E-state index is 0.0307. The van der Waals surface area contributed by atoms with Gasteiger partial charge < -0.3 is 14.1 Å². The minimum atomic E-state index is -1.84. The quantitative estimate of drug-likeness (QED) is 0.600. The first-order valence-electron chi connectivity index (χ1n) is 9.82. The second-order valence-electron chi connectivity index (χ2n) is 8.44. The van der Waals surface area contributed by atoms with Gasteiger partial charge in [0.1, 0.15) is 6.23 Å². The number of nitrogens with zero attached hydrogens (tertiary/aromatic N) is 1. The number of carbonyl (C=O) groups is 1. The molecule has 5 heteroatoms. The highest BCUT2D eigenvalue weighted by molar-refractivity contribution is 6.77. The van der Waals surface area contributed by atoms with Gasteiger partial charge >= 0.3 is 0 Å². The van der Waals surface area contributed by atoms with Gasteiger partial charge in [0.2, 0.25) is 5.91 Å². The van der Waals surface area contributed by atoms with Crippen molar-refractivity contribution < 1.29 is 14.0 Å². The van der Waals surface area contributed by atoms with E-state index in [1.165, 1.54) is 0 Å². The molecule has 3 atom stereocenters. The van der Waals surface area contributed by atoms with E-state index in [2.05, 4.69) is 41.5 Å². The van der Waals surface area contributed by atoms with Crippen LogP contribution in [-0.4, -0.2) is 44.6 Å². The highest BCUT2D eigenvalue weighted by Crippen LogP contribution is 2.44. The van der Waals surface area contributed by atoms with Crippen LogP contribution in [0.4, 0.5) is 0 Å². The summed E-state index contributed by atoms with van der Waals surface area (Å²) in [6.07, 6.45) is 2.54. The van der Waals surface area contributed by atoms with Gasteiger partial charge in [-0.1, -0.05) is 41.5 Å². The number of fused-ring (bicyclic) bond motifs is 1. The maximum Gasteiger partial charge on any atom is 0.224 e. The maximum absolute atomic E-state index is 12.2. The minimum Gasteiger partial charge on any atom is -0.416 e. The summed E-state index contributed by atoms with van der Waals surface area (Å²) in [5.41, 5.74) is 1.80. The molecule has 0 radical (unpaired) electrons. The summed E-state index contributed by atoms with van der Waals surface area (Å²) in [4.78, 5) is 14.2. The summed E-state index contributed by atoms with van der Waals surface area (Å²) in [5, 5.41) is 0. The Bertz CT molecular complexity index is 417. The fourth-order valence-corrected chi connectivity index (χ4v) is 10.9. The van der Waals surface area contributed by atoms with Crippen molar-refractivity contribution in [3.05, 3.63) is 0 Å². The van der Waals surface area contributed by atoms with E-state index in [9.17, 15) is 4.79 Å². The second kappa shape index (κ2) is 7.88. The average Bonchev–Trinajstić information content (AvgIpc) is 3.01. The molecule has 0 spiro atoms. The third-order valence-corrected chi connectivity index (χ3v) is 12.4. The van der Waals surface area contributed by atoms with Gasteiger partial charge in [-0.05, 0) is 36.4 Å². The Labute approximate surface area is 149 Å². The molecule has 2 fully saturated rings. The van der Waals surface area contributed by atoms with Crippen LogP contribution in [0.3, 0.4) is 0 Å². The van der Waals surface area contributed by atoms with Gasteiger partial charge in [0.15, 0.2) is 8.32 Å². The smallest absolute Gasteiger partial charge is 0.224 e. The Morgan fingerprint density at radius 3 is 2.21 bits per heavy atom. The second-order valence-corrected chi connectivity index (χ2v) is 13.9. The third kappa shape index (κ3) is 3.45. The number of carbonyl (C=O) groups excluding carboxylic acids is 1. The zero-order chi connectivity index (χ0) is 18.1. The molecule has 3 unspecified atom stereocenters. The molecule has 24 heavy (non-hydrogen) atoms.